The SMILES string of the molecule is COc1cccc([C@@H]2Oc3ccc(OC)cc3C(=O)C2OC(=O)NC2CCCC2)c1. The molecule has 7 heteroatoms. The van der Waals surface area contributed by atoms with Crippen LogP contribution in [-0.2, 0) is 4.74 Å². The van der Waals surface area contributed by atoms with Gasteiger partial charge in [-0.05, 0) is 43.2 Å². The summed E-state index contributed by atoms with van der Waals surface area (Å²) in [7, 11) is 3.09. The van der Waals surface area contributed by atoms with E-state index in [1.807, 2.05) is 6.07 Å². The van der Waals surface area contributed by atoms with Crippen LogP contribution in [0, 0.1) is 0 Å². The summed E-state index contributed by atoms with van der Waals surface area (Å²) >= 11 is 0. The second kappa shape index (κ2) is 8.65. The second-order valence-corrected chi connectivity index (χ2v) is 7.49. The van der Waals surface area contributed by atoms with Crippen LogP contribution in [-0.4, -0.2) is 38.2 Å². The maximum atomic E-state index is 13.3. The molecule has 1 amide bonds. The fraction of sp³-hybridized carbons (Fsp3) is 0.391. The number of fused-ring (bicyclic) bond motifs is 1. The zero-order valence-electron chi connectivity index (χ0n) is 17.1. The molecule has 4 rings (SSSR count). The number of carbonyl (C=O) groups is 2. The van der Waals surface area contributed by atoms with E-state index in [4.69, 9.17) is 18.9 Å². The van der Waals surface area contributed by atoms with Gasteiger partial charge < -0.3 is 24.3 Å². The summed E-state index contributed by atoms with van der Waals surface area (Å²) in [5.41, 5.74) is 1.01. The first kappa shape index (κ1) is 20.1. The predicted octanol–water partition coefficient (Wildman–Crippen LogP) is 4.06. The van der Waals surface area contributed by atoms with E-state index < -0.39 is 18.3 Å². The molecule has 1 saturated carbocycles. The fourth-order valence-electron chi connectivity index (χ4n) is 3.98. The van der Waals surface area contributed by atoms with Crippen LogP contribution in [0.15, 0.2) is 42.5 Å². The van der Waals surface area contributed by atoms with Gasteiger partial charge in [0.2, 0.25) is 11.9 Å². The molecule has 1 N–H and O–H groups in total. The van der Waals surface area contributed by atoms with Gasteiger partial charge in [0.15, 0.2) is 6.10 Å². The molecule has 158 valence electrons. The molecule has 1 aliphatic heterocycles. The Morgan fingerprint density at radius 3 is 2.50 bits per heavy atom. The predicted molar refractivity (Wildman–Crippen MR) is 109 cm³/mol. The summed E-state index contributed by atoms with van der Waals surface area (Å²) in [5, 5.41) is 2.87. The lowest BCUT2D eigenvalue weighted by Gasteiger charge is -2.32. The van der Waals surface area contributed by atoms with E-state index in [2.05, 4.69) is 5.32 Å². The number of benzene rings is 2. The number of ether oxygens (including phenoxy) is 4. The molecule has 0 bridgehead atoms. The van der Waals surface area contributed by atoms with Gasteiger partial charge in [-0.1, -0.05) is 25.0 Å². The average molecular weight is 411 g/mol. The van der Waals surface area contributed by atoms with Crippen LogP contribution in [0.1, 0.15) is 47.7 Å². The third kappa shape index (κ3) is 4.06. The van der Waals surface area contributed by atoms with Gasteiger partial charge >= 0.3 is 6.09 Å². The molecule has 30 heavy (non-hydrogen) atoms. The zero-order valence-corrected chi connectivity index (χ0v) is 17.1. The first-order chi connectivity index (χ1) is 14.6. The molecule has 2 aliphatic rings. The normalized spacial score (nSPS) is 20.8. The van der Waals surface area contributed by atoms with Crippen molar-refractivity contribution in [3.05, 3.63) is 53.6 Å². The van der Waals surface area contributed by atoms with Crippen LogP contribution in [0.25, 0.3) is 0 Å². The van der Waals surface area contributed by atoms with Crippen LogP contribution in [0.5, 0.6) is 17.2 Å². The van der Waals surface area contributed by atoms with Gasteiger partial charge in [-0.3, -0.25) is 4.79 Å². The molecule has 1 unspecified atom stereocenters. The molecule has 1 aliphatic carbocycles. The molecule has 1 heterocycles. The average Bonchev–Trinajstić information content (AvgIpc) is 3.28. The number of Topliss-reactive ketones (excluding diaryl/α,β-unsaturated/α-hetero) is 1. The van der Waals surface area contributed by atoms with Crippen molar-refractivity contribution in [1.29, 1.82) is 0 Å². The van der Waals surface area contributed by atoms with Gasteiger partial charge in [-0.25, -0.2) is 4.79 Å². The summed E-state index contributed by atoms with van der Waals surface area (Å²) in [6, 6.07) is 12.3. The molecule has 1 fully saturated rings. The van der Waals surface area contributed by atoms with Crippen molar-refractivity contribution in [1.82, 2.24) is 5.32 Å². The standard InChI is InChI=1S/C23H25NO6/c1-27-16-9-5-6-14(12-16)21-22(30-23(26)24-15-7-3-4-8-15)20(25)18-13-17(28-2)10-11-19(18)29-21/h5-6,9-13,15,21-22H,3-4,7-8H2,1-2H3,(H,24,26)/t21-,22?/m0/s1. The number of methoxy groups -OCH3 is 2. The summed E-state index contributed by atoms with van der Waals surface area (Å²) in [5.74, 6) is 1.24. The Labute approximate surface area is 175 Å². The Kier molecular flexibility index (Phi) is 5.79. The Hall–Kier alpha value is -3.22. The summed E-state index contributed by atoms with van der Waals surface area (Å²) in [6.45, 7) is 0. The highest BCUT2D eigenvalue weighted by atomic mass is 16.6. The maximum absolute atomic E-state index is 13.3. The van der Waals surface area contributed by atoms with Crippen molar-refractivity contribution in [2.75, 3.05) is 14.2 Å². The third-order valence-electron chi connectivity index (χ3n) is 5.57. The molecule has 0 spiro atoms. The summed E-state index contributed by atoms with van der Waals surface area (Å²) in [6.07, 6.45) is 1.48. The van der Waals surface area contributed by atoms with E-state index in [9.17, 15) is 9.59 Å². The van der Waals surface area contributed by atoms with E-state index in [1.54, 1.807) is 43.5 Å². The summed E-state index contributed by atoms with van der Waals surface area (Å²) < 4.78 is 22.3. The van der Waals surface area contributed by atoms with E-state index >= 15 is 0 Å². The van der Waals surface area contributed by atoms with Gasteiger partial charge in [0.05, 0.1) is 19.8 Å². The Morgan fingerprint density at radius 2 is 1.77 bits per heavy atom. The second-order valence-electron chi connectivity index (χ2n) is 7.49. The Morgan fingerprint density at radius 1 is 1.03 bits per heavy atom. The van der Waals surface area contributed by atoms with Gasteiger partial charge in [0.1, 0.15) is 17.2 Å². The zero-order chi connectivity index (χ0) is 21.1. The Bertz CT molecular complexity index is 937. The third-order valence-corrected chi connectivity index (χ3v) is 5.57. The lowest BCUT2D eigenvalue weighted by Crippen LogP contribution is -2.43. The van der Waals surface area contributed by atoms with Crippen molar-refractivity contribution in [3.63, 3.8) is 0 Å². The number of ketones is 1. The highest BCUT2D eigenvalue weighted by molar-refractivity contribution is 6.04. The van der Waals surface area contributed by atoms with E-state index in [-0.39, 0.29) is 11.8 Å². The number of rotatable bonds is 5. The lowest BCUT2D eigenvalue weighted by atomic mass is 9.93. The van der Waals surface area contributed by atoms with Crippen LogP contribution in [0.3, 0.4) is 0 Å². The highest BCUT2D eigenvalue weighted by Crippen LogP contribution is 2.39. The number of carbonyl (C=O) groups excluding carboxylic acids is 2. The number of hydrogen-bond donors (Lipinski definition) is 1. The minimum atomic E-state index is -1.13. The number of alkyl carbamates (subject to hydrolysis) is 1. The molecule has 7 nitrogen and oxygen atoms in total. The molecule has 0 saturated heterocycles. The van der Waals surface area contributed by atoms with Crippen molar-refractivity contribution < 1.29 is 28.5 Å². The van der Waals surface area contributed by atoms with Crippen LogP contribution >= 0.6 is 0 Å². The molecular formula is C23H25NO6. The minimum Gasteiger partial charge on any atom is -0.497 e. The van der Waals surface area contributed by atoms with Gasteiger partial charge in [0, 0.05) is 11.6 Å². The maximum Gasteiger partial charge on any atom is 0.408 e. The first-order valence-electron chi connectivity index (χ1n) is 10.1. The van der Waals surface area contributed by atoms with Crippen molar-refractivity contribution in [2.45, 2.75) is 43.9 Å². The molecule has 2 aromatic carbocycles. The Balaban J connectivity index is 1.65. The molecule has 0 aromatic heterocycles. The molecule has 2 aromatic rings. The molecule has 2 atom stereocenters. The molecular weight excluding hydrogens is 386 g/mol. The van der Waals surface area contributed by atoms with Crippen LogP contribution < -0.4 is 19.5 Å². The van der Waals surface area contributed by atoms with Crippen molar-refractivity contribution in [2.24, 2.45) is 0 Å². The number of hydrogen-bond acceptors (Lipinski definition) is 6. The monoisotopic (exact) mass is 411 g/mol. The van der Waals surface area contributed by atoms with E-state index in [0.717, 1.165) is 25.7 Å². The van der Waals surface area contributed by atoms with Crippen molar-refractivity contribution >= 4 is 11.9 Å². The van der Waals surface area contributed by atoms with Gasteiger partial charge in [-0.2, -0.15) is 0 Å². The summed E-state index contributed by atoms with van der Waals surface area (Å²) in [4.78, 5) is 25.9. The van der Waals surface area contributed by atoms with E-state index in [0.29, 0.717) is 28.4 Å². The van der Waals surface area contributed by atoms with Crippen LogP contribution in [0.4, 0.5) is 4.79 Å². The first-order valence-corrected chi connectivity index (χ1v) is 10.1. The number of amides is 1. The van der Waals surface area contributed by atoms with Crippen LogP contribution in [0.2, 0.25) is 0 Å². The smallest absolute Gasteiger partial charge is 0.408 e. The fourth-order valence-corrected chi connectivity index (χ4v) is 3.98. The van der Waals surface area contributed by atoms with E-state index in [1.165, 1.54) is 7.11 Å². The lowest BCUT2D eigenvalue weighted by molar-refractivity contribution is 0.00819. The van der Waals surface area contributed by atoms with Gasteiger partial charge in [-0.15, -0.1) is 0 Å². The number of nitrogens with one attached hydrogen (secondary N) is 1. The largest absolute Gasteiger partial charge is 0.497 e. The van der Waals surface area contributed by atoms with Gasteiger partial charge in [0.25, 0.3) is 0 Å². The highest BCUT2D eigenvalue weighted by Gasteiger charge is 2.42. The molecule has 0 radical (unpaired) electrons. The van der Waals surface area contributed by atoms with Crippen molar-refractivity contribution in [3.8, 4) is 17.2 Å². The quantitative estimate of drug-likeness (QED) is 0.799. The topological polar surface area (TPSA) is 83.1 Å². The minimum absolute atomic E-state index is 0.0831.